The number of hydrogen-bond acceptors (Lipinski definition) is 5. The Morgan fingerprint density at radius 2 is 1.14 bits per heavy atom. The van der Waals surface area contributed by atoms with Crippen molar-refractivity contribution in [1.29, 1.82) is 0 Å². The van der Waals surface area contributed by atoms with Crippen LogP contribution in [0.25, 0.3) is 0 Å². The summed E-state index contributed by atoms with van der Waals surface area (Å²) < 4.78 is 59.2. The lowest BCUT2D eigenvalue weighted by Gasteiger charge is -1.81. The van der Waals surface area contributed by atoms with Crippen molar-refractivity contribution in [2.75, 3.05) is 0 Å². The van der Waals surface area contributed by atoms with Gasteiger partial charge in [0.05, 0.1) is 0 Å². The number of rotatable bonds is 2. The molecule has 2 amide bonds. The van der Waals surface area contributed by atoms with Gasteiger partial charge in [0.15, 0.2) is 0 Å². The highest BCUT2D eigenvalue weighted by Crippen LogP contribution is 1.93. The maximum absolute atomic E-state index is 10.3. The summed E-state index contributed by atoms with van der Waals surface area (Å²) >= 11 is 0. The zero-order valence-corrected chi connectivity index (χ0v) is 7.67. The molecule has 0 saturated heterocycles. The third-order valence-corrected chi connectivity index (χ3v) is 1.04. The molecule has 0 atom stereocenters. The molecular weight excluding hydrogens is 244 g/mol. The van der Waals surface area contributed by atoms with E-state index in [1.54, 1.807) is 0 Å². The van der Waals surface area contributed by atoms with Gasteiger partial charge < -0.3 is 0 Å². The van der Waals surface area contributed by atoms with E-state index in [2.05, 4.69) is 10.2 Å². The van der Waals surface area contributed by atoms with E-state index < -0.39 is 26.6 Å². The van der Waals surface area contributed by atoms with Crippen molar-refractivity contribution < 1.29 is 30.7 Å². The lowest BCUT2D eigenvalue weighted by atomic mass is 11.2. The molecule has 0 aromatic rings. The van der Waals surface area contributed by atoms with E-state index in [1.165, 1.54) is 0 Å². The van der Waals surface area contributed by atoms with Crippen LogP contribution in [0.15, 0.2) is 19.3 Å². The molecule has 0 aliphatic rings. The first-order chi connectivity index (χ1) is 6.10. The maximum atomic E-state index is 10.3. The van der Waals surface area contributed by atoms with E-state index in [9.17, 15) is 21.6 Å². The molecule has 0 aliphatic carbocycles. The summed E-state index contributed by atoms with van der Waals surface area (Å²) in [6.45, 7) is 0. The molecule has 0 heterocycles. The fourth-order valence-electron chi connectivity index (χ4n) is 0.193. The van der Waals surface area contributed by atoms with E-state index in [-0.39, 0.29) is 0 Å². The molecule has 0 saturated carbocycles. The van der Waals surface area contributed by atoms with Gasteiger partial charge in [-0.3, -0.25) is 9.11 Å². The summed E-state index contributed by atoms with van der Waals surface area (Å²) in [5, 5.41) is 4.42. The Hall–Kier alpha value is -1.31. The van der Waals surface area contributed by atoms with Gasteiger partial charge in [0.25, 0.3) is 0 Å². The minimum absolute atomic E-state index is 1.74. The summed E-state index contributed by atoms with van der Waals surface area (Å²) in [5.41, 5.74) is 0. The highest BCUT2D eigenvalue weighted by atomic mass is 32.2. The van der Waals surface area contributed by atoms with Crippen LogP contribution in [-0.2, 0) is 20.6 Å². The van der Waals surface area contributed by atoms with Crippen molar-refractivity contribution in [1.82, 2.24) is 0 Å². The third-order valence-electron chi connectivity index (χ3n) is 0.459. The van der Waals surface area contributed by atoms with Crippen LogP contribution in [-0.4, -0.2) is 32.0 Å². The van der Waals surface area contributed by atoms with Gasteiger partial charge in [-0.05, 0) is 9.04 Å². The summed E-state index contributed by atoms with van der Waals surface area (Å²) in [5.74, 6) is 0. The van der Waals surface area contributed by atoms with E-state index in [1.807, 2.05) is 9.04 Å². The van der Waals surface area contributed by atoms with Crippen molar-refractivity contribution in [2.45, 2.75) is 0 Å². The fourth-order valence-corrected chi connectivity index (χ4v) is 0.539. The number of carbonyl (C=O) groups excluding carboxylic acids is 1. The van der Waals surface area contributed by atoms with Crippen LogP contribution < -0.4 is 0 Å². The largest absolute Gasteiger partial charge is 0.405 e. The van der Waals surface area contributed by atoms with Gasteiger partial charge in [0.1, 0.15) is 0 Å². The zero-order valence-electron chi connectivity index (χ0n) is 6.04. The summed E-state index contributed by atoms with van der Waals surface area (Å²) in [4.78, 5) is 10.3. The molecule has 13 heteroatoms. The average molecular weight is 246 g/mol. The lowest BCUT2D eigenvalue weighted by molar-refractivity contribution is 0.254. The van der Waals surface area contributed by atoms with Crippen molar-refractivity contribution in [2.24, 2.45) is 19.3 Å². The first kappa shape index (κ1) is 12.7. The molecule has 0 aliphatic heterocycles. The first-order valence-corrected chi connectivity index (χ1v) is 5.24. The van der Waals surface area contributed by atoms with Crippen LogP contribution in [0.2, 0.25) is 0 Å². The smallest absolute Gasteiger partial charge is 0.267 e. The van der Waals surface area contributed by atoms with Gasteiger partial charge in [0.2, 0.25) is 0 Å². The monoisotopic (exact) mass is 246 g/mol. The molecule has 0 spiro atoms. The molecule has 0 bridgehead atoms. The van der Waals surface area contributed by atoms with Gasteiger partial charge in [-0.25, -0.2) is 4.79 Å². The zero-order chi connectivity index (χ0) is 11.4. The molecule has 11 nitrogen and oxygen atoms in total. The van der Waals surface area contributed by atoms with Crippen LogP contribution in [0.1, 0.15) is 0 Å². The quantitative estimate of drug-likeness (QED) is 0.492. The van der Waals surface area contributed by atoms with Crippen molar-refractivity contribution in [3.8, 4) is 0 Å². The van der Waals surface area contributed by atoms with Gasteiger partial charge in [-0.2, -0.15) is 16.8 Å². The molecule has 14 heavy (non-hydrogen) atoms. The van der Waals surface area contributed by atoms with E-state index in [4.69, 9.17) is 9.11 Å². The molecule has 0 aromatic heterocycles. The minimum Gasteiger partial charge on any atom is -0.267 e. The standard InChI is InChI=1S/CH2N4O7S2/c6-1(2-4-13(7,8)9)3-5-14(10,11)12/h(H,7,8,9)(H,10,11,12). The number of amides is 2. The number of nitrogens with zero attached hydrogens (tertiary/aromatic N) is 4. The minimum atomic E-state index is -4.85. The molecule has 0 fully saturated rings. The molecule has 0 aromatic carbocycles. The molecule has 0 radical (unpaired) electrons. The Morgan fingerprint density at radius 3 is 1.36 bits per heavy atom. The fraction of sp³-hybridized carbons (Fsp3) is 0. The third kappa shape index (κ3) is 8.78. The van der Waals surface area contributed by atoms with Gasteiger partial charge in [-0.15, -0.1) is 0 Å². The topological polar surface area (TPSA) is 175 Å². The lowest BCUT2D eigenvalue weighted by Crippen LogP contribution is -1.93. The number of carbonyl (C=O) groups is 1. The van der Waals surface area contributed by atoms with Crippen LogP contribution in [0, 0.1) is 0 Å². The second-order valence-corrected chi connectivity index (χ2v) is 3.66. The second kappa shape index (κ2) is 4.27. The predicted molar refractivity (Wildman–Crippen MR) is 38.2 cm³/mol. The molecule has 0 unspecified atom stereocenters. The normalized spacial score (nSPS) is 13.9. The van der Waals surface area contributed by atoms with E-state index >= 15 is 0 Å². The Kier molecular flexibility index (Phi) is 3.87. The van der Waals surface area contributed by atoms with Crippen molar-refractivity contribution in [3.63, 3.8) is 0 Å². The summed E-state index contributed by atoms with van der Waals surface area (Å²) in [6.07, 6.45) is 0. The second-order valence-electron chi connectivity index (χ2n) is 1.54. The summed E-state index contributed by atoms with van der Waals surface area (Å²) in [7, 11) is -9.70. The summed E-state index contributed by atoms with van der Waals surface area (Å²) in [6, 6.07) is -1.74. The first-order valence-electron chi connectivity index (χ1n) is 2.45. The Bertz CT molecular complexity index is 424. The van der Waals surface area contributed by atoms with Crippen molar-refractivity contribution >= 4 is 26.6 Å². The number of hydrogen-bond donors (Lipinski definition) is 2. The highest BCUT2D eigenvalue weighted by Gasteiger charge is 2.04. The molecule has 2 N–H and O–H groups in total. The highest BCUT2D eigenvalue weighted by molar-refractivity contribution is 7.84. The SMILES string of the molecule is O=C(N=NS(=O)(=O)O)N=NS(=O)(=O)O. The molecule has 0 rings (SSSR count). The van der Waals surface area contributed by atoms with Crippen molar-refractivity contribution in [3.05, 3.63) is 0 Å². The van der Waals surface area contributed by atoms with Gasteiger partial charge in [-0.1, -0.05) is 10.2 Å². The Balaban J connectivity index is 4.57. The van der Waals surface area contributed by atoms with Gasteiger partial charge >= 0.3 is 26.6 Å². The maximum Gasteiger partial charge on any atom is 0.405 e. The Morgan fingerprint density at radius 1 is 0.857 bits per heavy atom. The average Bonchev–Trinajstić information content (AvgIpc) is 1.94. The molecular formula is CH2N4O7S2. The van der Waals surface area contributed by atoms with Crippen LogP contribution in [0.5, 0.6) is 0 Å². The van der Waals surface area contributed by atoms with Gasteiger partial charge in [0, 0.05) is 0 Å². The van der Waals surface area contributed by atoms with E-state index in [0.717, 1.165) is 0 Å². The molecule has 80 valence electrons. The van der Waals surface area contributed by atoms with E-state index in [0.29, 0.717) is 0 Å². The Labute approximate surface area is 77.3 Å². The number of urea groups is 1. The van der Waals surface area contributed by atoms with Crippen LogP contribution >= 0.6 is 0 Å². The van der Waals surface area contributed by atoms with Crippen LogP contribution in [0.4, 0.5) is 4.79 Å². The predicted octanol–water partition coefficient (Wildman–Crippen LogP) is -0.384. The van der Waals surface area contributed by atoms with Crippen LogP contribution in [0.3, 0.4) is 0 Å².